The molecule has 2 heterocycles. The molecule has 34 heavy (non-hydrogen) atoms. The Bertz CT molecular complexity index is 1540. The number of hydrogen-bond acceptors (Lipinski definition) is 7. The van der Waals surface area contributed by atoms with Crippen LogP contribution < -0.4 is 10.2 Å². The molecule has 0 spiro atoms. The lowest BCUT2D eigenvalue weighted by atomic mass is 10.1. The topological polar surface area (TPSA) is 81.4 Å². The first-order valence-corrected chi connectivity index (χ1v) is 11.5. The molecule has 0 unspecified atom stereocenters. The number of fused-ring (bicyclic) bond motifs is 1. The molecule has 8 heteroatoms. The molecule has 0 bridgehead atoms. The van der Waals surface area contributed by atoms with Crippen LogP contribution in [0.4, 0.5) is 5.82 Å². The Morgan fingerprint density at radius 2 is 1.53 bits per heavy atom. The van der Waals surface area contributed by atoms with E-state index in [-0.39, 0.29) is 0 Å². The highest BCUT2D eigenvalue weighted by molar-refractivity contribution is 7.11. The van der Waals surface area contributed by atoms with Gasteiger partial charge in [0.05, 0.1) is 18.1 Å². The number of nitrogens with one attached hydrogen (secondary N) is 1. The van der Waals surface area contributed by atoms with E-state index in [1.165, 1.54) is 18.4 Å². The van der Waals surface area contributed by atoms with Gasteiger partial charge < -0.3 is 4.74 Å². The Hall–Kier alpha value is -4.30. The molecular formula is C26H21N5O2S. The number of benzene rings is 3. The summed E-state index contributed by atoms with van der Waals surface area (Å²) in [6, 6.07) is 27.3. The largest absolute Gasteiger partial charge is 0.465 e. The molecular weight excluding hydrogens is 446 g/mol. The first-order chi connectivity index (χ1) is 16.7. The van der Waals surface area contributed by atoms with E-state index in [1.54, 1.807) is 0 Å². The van der Waals surface area contributed by atoms with Gasteiger partial charge in [-0.2, -0.15) is 0 Å². The van der Waals surface area contributed by atoms with Crippen LogP contribution in [0, 0.1) is 6.92 Å². The van der Waals surface area contributed by atoms with E-state index in [9.17, 15) is 4.79 Å². The van der Waals surface area contributed by atoms with Gasteiger partial charge in [-0.1, -0.05) is 72.0 Å². The van der Waals surface area contributed by atoms with Crippen molar-refractivity contribution < 1.29 is 9.53 Å². The lowest BCUT2D eigenvalue weighted by Gasteiger charge is -2.10. The molecule has 7 nitrogen and oxygen atoms in total. The highest BCUT2D eigenvalue weighted by Crippen LogP contribution is 2.27. The van der Waals surface area contributed by atoms with Crippen LogP contribution in [0.25, 0.3) is 28.0 Å². The highest BCUT2D eigenvalue weighted by atomic mass is 32.1. The second-order valence-corrected chi connectivity index (χ2v) is 8.44. The van der Waals surface area contributed by atoms with Crippen LogP contribution in [0.5, 0.6) is 0 Å². The number of carbonyl (C=O) groups is 1. The molecule has 0 fully saturated rings. The Morgan fingerprint density at radius 3 is 2.21 bits per heavy atom. The maximum atomic E-state index is 12.4. The summed E-state index contributed by atoms with van der Waals surface area (Å²) < 4.78 is 6.90. The number of carbonyl (C=O) groups excluding carboxylic acids is 1. The third-order valence-corrected chi connectivity index (χ3v) is 6.43. The predicted molar refractivity (Wildman–Crippen MR) is 134 cm³/mol. The number of ether oxygens (including phenoxy) is 1. The van der Waals surface area contributed by atoms with Gasteiger partial charge in [0.25, 0.3) is 0 Å². The summed E-state index contributed by atoms with van der Waals surface area (Å²) in [4.78, 5) is 23.1. The number of thiazole rings is 1. The van der Waals surface area contributed by atoms with Crippen molar-refractivity contribution >= 4 is 34.2 Å². The molecule has 168 valence electrons. The van der Waals surface area contributed by atoms with Crippen molar-refractivity contribution in [3.05, 3.63) is 100 Å². The van der Waals surface area contributed by atoms with Gasteiger partial charge in [-0.05, 0) is 31.2 Å². The van der Waals surface area contributed by atoms with Gasteiger partial charge >= 0.3 is 5.97 Å². The number of rotatable bonds is 5. The zero-order valence-electron chi connectivity index (χ0n) is 18.6. The average molecular weight is 468 g/mol. The summed E-state index contributed by atoms with van der Waals surface area (Å²) >= 11 is 1.25. The van der Waals surface area contributed by atoms with Gasteiger partial charge in [0.15, 0.2) is 5.82 Å². The standard InChI is InChI=1S/C26H21N5O2S/c1-17-23(25(32)33-2)34-26(31(17)19-13-7-4-8-14-19)30-29-24-22(18-11-5-3-6-12-18)27-20-15-9-10-16-21(20)28-24/h3-16H,1-2H3,(H,28,29)/b30-26+. The third-order valence-electron chi connectivity index (χ3n) is 5.31. The van der Waals surface area contributed by atoms with Crippen molar-refractivity contribution in [1.29, 1.82) is 0 Å². The molecule has 0 aliphatic heterocycles. The van der Waals surface area contributed by atoms with E-state index in [0.29, 0.717) is 21.2 Å². The number of anilines is 1. The monoisotopic (exact) mass is 467 g/mol. The van der Waals surface area contributed by atoms with Gasteiger partial charge in [-0.3, -0.25) is 9.99 Å². The normalized spacial score (nSPS) is 11.5. The zero-order valence-corrected chi connectivity index (χ0v) is 19.4. The van der Waals surface area contributed by atoms with Crippen molar-refractivity contribution in [1.82, 2.24) is 14.5 Å². The molecule has 0 aliphatic rings. The Morgan fingerprint density at radius 1 is 0.912 bits per heavy atom. The Kier molecular flexibility index (Phi) is 5.88. The van der Waals surface area contributed by atoms with Crippen molar-refractivity contribution in [2.45, 2.75) is 6.92 Å². The van der Waals surface area contributed by atoms with Crippen LogP contribution in [-0.4, -0.2) is 27.6 Å². The van der Waals surface area contributed by atoms with Crippen LogP contribution in [0.15, 0.2) is 90.0 Å². The summed E-state index contributed by atoms with van der Waals surface area (Å²) in [6.07, 6.45) is 0. The van der Waals surface area contributed by atoms with E-state index >= 15 is 0 Å². The smallest absolute Gasteiger partial charge is 0.349 e. The van der Waals surface area contributed by atoms with Crippen LogP contribution in [0.2, 0.25) is 0 Å². The number of esters is 1. The number of para-hydroxylation sites is 3. The average Bonchev–Trinajstić information content (AvgIpc) is 3.23. The minimum atomic E-state index is -0.399. The lowest BCUT2D eigenvalue weighted by Crippen LogP contribution is -2.16. The fourth-order valence-electron chi connectivity index (χ4n) is 3.67. The van der Waals surface area contributed by atoms with Crippen LogP contribution in [-0.2, 0) is 4.74 Å². The van der Waals surface area contributed by atoms with Crippen molar-refractivity contribution in [2.24, 2.45) is 5.10 Å². The SMILES string of the molecule is COC(=O)c1s/c(=N/Nc2nc3ccccc3nc2-c2ccccc2)n(-c2ccccc2)c1C. The van der Waals surface area contributed by atoms with Gasteiger partial charge in [0.2, 0.25) is 4.80 Å². The van der Waals surface area contributed by atoms with Gasteiger partial charge in [-0.25, -0.2) is 14.8 Å². The van der Waals surface area contributed by atoms with Crippen molar-refractivity contribution in [2.75, 3.05) is 12.5 Å². The fraction of sp³-hybridized carbons (Fsp3) is 0.0769. The molecule has 5 rings (SSSR count). The maximum Gasteiger partial charge on any atom is 0.349 e. The number of hydrogen-bond donors (Lipinski definition) is 1. The second kappa shape index (κ2) is 9.29. The van der Waals surface area contributed by atoms with Crippen LogP contribution in [0.1, 0.15) is 15.4 Å². The van der Waals surface area contributed by atoms with E-state index in [0.717, 1.165) is 28.0 Å². The zero-order chi connectivity index (χ0) is 23.5. The summed E-state index contributed by atoms with van der Waals surface area (Å²) in [6.45, 7) is 1.88. The third kappa shape index (κ3) is 4.06. The first kappa shape index (κ1) is 21.5. The molecule has 0 radical (unpaired) electrons. The maximum absolute atomic E-state index is 12.4. The second-order valence-electron chi connectivity index (χ2n) is 7.46. The van der Waals surface area contributed by atoms with E-state index < -0.39 is 5.97 Å². The molecule has 0 aliphatic carbocycles. The molecule has 5 aromatic rings. The molecule has 2 aromatic heterocycles. The first-order valence-electron chi connectivity index (χ1n) is 10.6. The van der Waals surface area contributed by atoms with Crippen LogP contribution >= 0.6 is 11.3 Å². The molecule has 3 aromatic carbocycles. The Balaban J connectivity index is 1.68. The molecule has 0 amide bonds. The lowest BCUT2D eigenvalue weighted by molar-refractivity contribution is 0.0605. The molecule has 1 N–H and O–H groups in total. The van der Waals surface area contributed by atoms with Gasteiger partial charge in [0, 0.05) is 16.9 Å². The number of nitrogens with zero attached hydrogens (tertiary/aromatic N) is 4. The highest BCUT2D eigenvalue weighted by Gasteiger charge is 2.19. The predicted octanol–water partition coefficient (Wildman–Crippen LogP) is 5.17. The minimum absolute atomic E-state index is 0.399. The Labute approximate surface area is 200 Å². The summed E-state index contributed by atoms with van der Waals surface area (Å²) in [5.41, 5.74) is 7.92. The van der Waals surface area contributed by atoms with Crippen molar-refractivity contribution in [3.63, 3.8) is 0 Å². The quantitative estimate of drug-likeness (QED) is 0.285. The molecule has 0 saturated heterocycles. The summed E-state index contributed by atoms with van der Waals surface area (Å²) in [5, 5.41) is 4.67. The van der Waals surface area contributed by atoms with E-state index in [1.807, 2.05) is 96.4 Å². The molecule has 0 atom stereocenters. The number of aromatic nitrogens is 3. The van der Waals surface area contributed by atoms with E-state index in [2.05, 4.69) is 10.5 Å². The van der Waals surface area contributed by atoms with Gasteiger partial charge in [0.1, 0.15) is 10.6 Å². The van der Waals surface area contributed by atoms with Crippen LogP contribution in [0.3, 0.4) is 0 Å². The fourth-order valence-corrected chi connectivity index (χ4v) is 4.68. The summed E-state index contributed by atoms with van der Waals surface area (Å²) in [7, 11) is 1.38. The van der Waals surface area contributed by atoms with E-state index in [4.69, 9.17) is 14.7 Å². The number of methoxy groups -OCH3 is 1. The van der Waals surface area contributed by atoms with Gasteiger partial charge in [-0.15, -0.1) is 5.10 Å². The molecule has 0 saturated carbocycles. The minimum Gasteiger partial charge on any atom is -0.465 e. The van der Waals surface area contributed by atoms with Crippen molar-refractivity contribution in [3.8, 4) is 16.9 Å². The summed E-state index contributed by atoms with van der Waals surface area (Å²) in [5.74, 6) is 0.124.